The first-order chi connectivity index (χ1) is 9.03. The zero-order valence-corrected chi connectivity index (χ0v) is 13.5. The van der Waals surface area contributed by atoms with Crippen molar-refractivity contribution >= 4 is 5.78 Å². The first-order valence-electron chi connectivity index (χ1n) is 8.23. The molecule has 1 fully saturated rings. The second kappa shape index (κ2) is 8.04. The van der Waals surface area contributed by atoms with Crippen molar-refractivity contribution in [1.29, 1.82) is 0 Å². The van der Waals surface area contributed by atoms with Crippen LogP contribution in [0.2, 0.25) is 0 Å². The summed E-state index contributed by atoms with van der Waals surface area (Å²) in [6, 6.07) is 0. The van der Waals surface area contributed by atoms with Gasteiger partial charge in [-0.15, -0.1) is 0 Å². The molecule has 2 atom stereocenters. The number of carbonyl (C=O) groups is 1. The van der Waals surface area contributed by atoms with Crippen LogP contribution in [0.15, 0.2) is 0 Å². The Hall–Kier alpha value is -0.370. The molecule has 0 aromatic carbocycles. The highest BCUT2D eigenvalue weighted by Gasteiger charge is 2.42. The van der Waals surface area contributed by atoms with E-state index in [2.05, 4.69) is 32.8 Å². The average Bonchev–Trinajstić information content (AvgIpc) is 2.37. The highest BCUT2D eigenvalue weighted by Crippen LogP contribution is 2.37. The summed E-state index contributed by atoms with van der Waals surface area (Å²) < 4.78 is 0. The molecule has 19 heavy (non-hydrogen) atoms. The van der Waals surface area contributed by atoms with Gasteiger partial charge in [0.25, 0.3) is 0 Å². The van der Waals surface area contributed by atoms with E-state index in [-0.39, 0.29) is 5.54 Å². The molecule has 0 aromatic heterocycles. The van der Waals surface area contributed by atoms with Gasteiger partial charge < -0.3 is 0 Å². The Kier molecular flexibility index (Phi) is 7.06. The highest BCUT2D eigenvalue weighted by molar-refractivity contribution is 5.88. The lowest BCUT2D eigenvalue weighted by atomic mass is 9.72. The lowest BCUT2D eigenvalue weighted by Gasteiger charge is -2.44. The van der Waals surface area contributed by atoms with Crippen LogP contribution < -0.4 is 0 Å². The van der Waals surface area contributed by atoms with Crippen LogP contribution in [0, 0.1) is 5.92 Å². The molecule has 1 saturated carbocycles. The van der Waals surface area contributed by atoms with Crippen LogP contribution in [0.25, 0.3) is 0 Å². The van der Waals surface area contributed by atoms with Gasteiger partial charge in [0, 0.05) is 6.42 Å². The number of hydrogen-bond donors (Lipinski definition) is 0. The van der Waals surface area contributed by atoms with E-state index in [9.17, 15) is 4.79 Å². The van der Waals surface area contributed by atoms with Gasteiger partial charge in [-0.05, 0) is 39.3 Å². The molecule has 0 heterocycles. The Morgan fingerprint density at radius 3 is 2.47 bits per heavy atom. The van der Waals surface area contributed by atoms with Gasteiger partial charge in [-0.1, -0.05) is 52.4 Å². The van der Waals surface area contributed by atoms with Gasteiger partial charge in [0.05, 0.1) is 5.54 Å². The van der Waals surface area contributed by atoms with Crippen molar-refractivity contribution < 1.29 is 4.79 Å². The van der Waals surface area contributed by atoms with E-state index in [1.165, 1.54) is 38.5 Å². The molecule has 2 nitrogen and oxygen atoms in total. The molecule has 0 aliphatic heterocycles. The molecular formula is C17H33NO. The second-order valence-corrected chi connectivity index (χ2v) is 6.71. The fraction of sp³-hybridized carbons (Fsp3) is 0.941. The fourth-order valence-corrected chi connectivity index (χ4v) is 3.55. The minimum absolute atomic E-state index is 0.150. The monoisotopic (exact) mass is 267 g/mol. The number of unbranched alkanes of at least 4 members (excludes halogenated alkanes) is 4. The maximum Gasteiger partial charge on any atom is 0.153 e. The fourth-order valence-electron chi connectivity index (χ4n) is 3.55. The largest absolute Gasteiger partial charge is 0.298 e. The maximum absolute atomic E-state index is 12.7. The van der Waals surface area contributed by atoms with Crippen molar-refractivity contribution in [3.05, 3.63) is 0 Å². The Morgan fingerprint density at radius 2 is 1.89 bits per heavy atom. The number of nitrogens with zero attached hydrogens (tertiary/aromatic N) is 1. The molecule has 0 saturated heterocycles. The summed E-state index contributed by atoms with van der Waals surface area (Å²) in [5.41, 5.74) is -0.150. The van der Waals surface area contributed by atoms with E-state index in [1.807, 2.05) is 0 Å². The van der Waals surface area contributed by atoms with Gasteiger partial charge in [-0.2, -0.15) is 0 Å². The van der Waals surface area contributed by atoms with Crippen LogP contribution in [0.3, 0.4) is 0 Å². The van der Waals surface area contributed by atoms with Gasteiger partial charge in [0.2, 0.25) is 0 Å². The smallest absolute Gasteiger partial charge is 0.153 e. The van der Waals surface area contributed by atoms with Crippen molar-refractivity contribution in [2.75, 3.05) is 14.1 Å². The number of likely N-dealkylation sites (N-methyl/N-ethyl adjacent to an activating group) is 1. The Bertz CT molecular complexity index is 274. The predicted molar refractivity (Wildman–Crippen MR) is 82.4 cm³/mol. The summed E-state index contributed by atoms with van der Waals surface area (Å²) in [4.78, 5) is 14.9. The average molecular weight is 267 g/mol. The van der Waals surface area contributed by atoms with Crippen LogP contribution >= 0.6 is 0 Å². The Balaban J connectivity index is 2.49. The second-order valence-electron chi connectivity index (χ2n) is 6.71. The molecule has 0 N–H and O–H groups in total. The summed E-state index contributed by atoms with van der Waals surface area (Å²) in [6.45, 7) is 4.53. The Morgan fingerprint density at radius 1 is 1.21 bits per heavy atom. The molecular weight excluding hydrogens is 234 g/mol. The van der Waals surface area contributed by atoms with Gasteiger partial charge in [0.15, 0.2) is 5.78 Å². The molecule has 0 amide bonds. The van der Waals surface area contributed by atoms with Gasteiger partial charge in [-0.3, -0.25) is 9.69 Å². The molecule has 0 spiro atoms. The van der Waals surface area contributed by atoms with Crippen molar-refractivity contribution in [3.63, 3.8) is 0 Å². The van der Waals surface area contributed by atoms with Crippen molar-refractivity contribution in [1.82, 2.24) is 4.90 Å². The molecule has 2 heteroatoms. The third-order valence-corrected chi connectivity index (χ3v) is 4.86. The first kappa shape index (κ1) is 16.7. The minimum atomic E-state index is -0.150. The van der Waals surface area contributed by atoms with E-state index in [0.717, 1.165) is 25.7 Å². The number of rotatable bonds is 8. The molecule has 112 valence electrons. The van der Waals surface area contributed by atoms with Gasteiger partial charge >= 0.3 is 0 Å². The normalized spacial score (nSPS) is 27.7. The van der Waals surface area contributed by atoms with Crippen LogP contribution in [0.1, 0.15) is 78.1 Å². The third-order valence-electron chi connectivity index (χ3n) is 4.86. The highest BCUT2D eigenvalue weighted by atomic mass is 16.1. The third kappa shape index (κ3) is 4.59. The first-order valence-corrected chi connectivity index (χ1v) is 8.23. The van der Waals surface area contributed by atoms with E-state index in [1.54, 1.807) is 0 Å². The summed E-state index contributed by atoms with van der Waals surface area (Å²) in [5, 5.41) is 0. The number of hydrogen-bond acceptors (Lipinski definition) is 2. The maximum atomic E-state index is 12.7. The zero-order chi connectivity index (χ0) is 14.3. The summed E-state index contributed by atoms with van der Waals surface area (Å²) >= 11 is 0. The van der Waals surface area contributed by atoms with Crippen molar-refractivity contribution in [3.8, 4) is 0 Å². The minimum Gasteiger partial charge on any atom is -0.298 e. The molecule has 1 rings (SSSR count). The standard InChI is InChI=1S/C17H33NO/c1-5-6-7-8-9-12-16(19)17(18(3)4)13-10-11-15(2)14-17/h15H,5-14H2,1-4H3. The van der Waals surface area contributed by atoms with Gasteiger partial charge in [-0.25, -0.2) is 0 Å². The van der Waals surface area contributed by atoms with E-state index in [0.29, 0.717) is 11.7 Å². The summed E-state index contributed by atoms with van der Waals surface area (Å²) in [6.07, 6.45) is 11.6. The van der Waals surface area contributed by atoms with Crippen LogP contribution in [-0.4, -0.2) is 30.3 Å². The SMILES string of the molecule is CCCCCCCC(=O)C1(N(C)C)CCCC(C)C1. The molecule has 2 unspecified atom stereocenters. The van der Waals surface area contributed by atoms with Crippen LogP contribution in [0.4, 0.5) is 0 Å². The number of ketones is 1. The predicted octanol–water partition coefficient (Wildman–Crippen LogP) is 4.43. The quantitative estimate of drug-likeness (QED) is 0.606. The molecule has 0 bridgehead atoms. The van der Waals surface area contributed by atoms with Crippen LogP contribution in [0.5, 0.6) is 0 Å². The van der Waals surface area contributed by atoms with E-state index >= 15 is 0 Å². The summed E-state index contributed by atoms with van der Waals surface area (Å²) in [5.74, 6) is 1.20. The van der Waals surface area contributed by atoms with Crippen LogP contribution in [-0.2, 0) is 4.79 Å². The zero-order valence-electron chi connectivity index (χ0n) is 13.5. The molecule has 1 aliphatic rings. The molecule has 1 aliphatic carbocycles. The topological polar surface area (TPSA) is 20.3 Å². The molecule has 0 aromatic rings. The van der Waals surface area contributed by atoms with E-state index < -0.39 is 0 Å². The van der Waals surface area contributed by atoms with Crippen molar-refractivity contribution in [2.24, 2.45) is 5.92 Å². The number of Topliss-reactive ketones (excluding diaryl/α,β-unsaturated/α-hetero) is 1. The summed E-state index contributed by atoms with van der Waals surface area (Å²) in [7, 11) is 4.18. The van der Waals surface area contributed by atoms with Crippen molar-refractivity contribution in [2.45, 2.75) is 83.6 Å². The number of carbonyl (C=O) groups excluding carboxylic acids is 1. The van der Waals surface area contributed by atoms with E-state index in [4.69, 9.17) is 0 Å². The van der Waals surface area contributed by atoms with Gasteiger partial charge in [0.1, 0.15) is 0 Å². The lowest BCUT2D eigenvalue weighted by molar-refractivity contribution is -0.133. The molecule has 0 radical (unpaired) electrons. The Labute approximate surface area is 119 Å². The lowest BCUT2D eigenvalue weighted by Crippen LogP contribution is -2.53.